The largest absolute Gasteiger partial charge is 0.493 e. The number of thioether (sulfide) groups is 1. The number of carbonyl (C=O) groups excluding carboxylic acids is 3. The molecule has 2 amide bonds. The molecular weight excluding hydrogens is 546 g/mol. The Labute approximate surface area is 230 Å². The number of amides is 2. The summed E-state index contributed by atoms with van der Waals surface area (Å²) in [5, 5.41) is 21.7. The van der Waals surface area contributed by atoms with Gasteiger partial charge >= 0.3 is 5.97 Å². The van der Waals surface area contributed by atoms with E-state index in [0.29, 0.717) is 17.1 Å². The van der Waals surface area contributed by atoms with Gasteiger partial charge in [-0.1, -0.05) is 24.3 Å². The highest BCUT2D eigenvalue weighted by Crippen LogP contribution is 2.33. The lowest BCUT2D eigenvalue weighted by Crippen LogP contribution is -2.32. The first kappa shape index (κ1) is 27.8. The first-order valence-corrected chi connectivity index (χ1v) is 12.2. The van der Waals surface area contributed by atoms with Gasteiger partial charge in [-0.3, -0.25) is 34.7 Å². The maximum atomic E-state index is 12.8. The van der Waals surface area contributed by atoms with E-state index in [4.69, 9.17) is 14.2 Å². The van der Waals surface area contributed by atoms with Gasteiger partial charge in [0, 0.05) is 12.1 Å². The van der Waals surface area contributed by atoms with Crippen molar-refractivity contribution in [1.82, 2.24) is 4.90 Å². The molecule has 13 nitrogen and oxygen atoms in total. The fourth-order valence-corrected chi connectivity index (χ4v) is 4.42. The van der Waals surface area contributed by atoms with Crippen LogP contribution in [0.15, 0.2) is 71.6 Å². The van der Waals surface area contributed by atoms with Gasteiger partial charge in [0.1, 0.15) is 12.4 Å². The van der Waals surface area contributed by atoms with E-state index in [9.17, 15) is 34.6 Å². The second-order valence-corrected chi connectivity index (χ2v) is 9.04. The smallest absolute Gasteiger partial charge is 0.344 e. The van der Waals surface area contributed by atoms with Gasteiger partial charge in [0.25, 0.3) is 22.5 Å². The third kappa shape index (κ3) is 6.42. The van der Waals surface area contributed by atoms with Gasteiger partial charge in [0.15, 0.2) is 11.5 Å². The first-order valence-electron chi connectivity index (χ1n) is 11.4. The Morgan fingerprint density at radius 1 is 0.950 bits per heavy atom. The number of esters is 1. The van der Waals surface area contributed by atoms with E-state index in [1.165, 1.54) is 37.5 Å². The van der Waals surface area contributed by atoms with Gasteiger partial charge < -0.3 is 14.2 Å². The first-order chi connectivity index (χ1) is 19.2. The SMILES string of the molecule is COc1ccccc1OCCN1C(=O)S/C(=C\c2ccc(OC(=O)c3cc([N+](=O)[O-])cc([N+](=O)[O-])c3)cc2)C1=O. The van der Waals surface area contributed by atoms with E-state index >= 15 is 0 Å². The number of nitro groups is 2. The molecule has 14 heteroatoms. The average Bonchev–Trinajstić information content (AvgIpc) is 3.21. The zero-order valence-electron chi connectivity index (χ0n) is 20.7. The van der Waals surface area contributed by atoms with Crippen LogP contribution in [0.3, 0.4) is 0 Å². The van der Waals surface area contributed by atoms with E-state index in [2.05, 4.69) is 0 Å². The van der Waals surface area contributed by atoms with Crippen LogP contribution in [0.2, 0.25) is 0 Å². The van der Waals surface area contributed by atoms with Crippen molar-refractivity contribution >= 4 is 46.3 Å². The summed E-state index contributed by atoms with van der Waals surface area (Å²) in [5.74, 6) is -0.454. The lowest BCUT2D eigenvalue weighted by atomic mass is 10.1. The quantitative estimate of drug-likeness (QED) is 0.108. The molecule has 204 valence electrons. The standard InChI is InChI=1S/C26H19N3O10S/c1-37-21-4-2-3-5-22(21)38-11-10-27-24(30)23(40-26(27)32)12-16-6-8-20(9-7-16)39-25(31)17-13-18(28(33)34)15-19(14-17)29(35)36/h2-9,12-15H,10-11H2,1H3/b23-12-. The number of para-hydroxylation sites is 2. The van der Waals surface area contributed by atoms with Crippen molar-refractivity contribution in [1.29, 1.82) is 0 Å². The van der Waals surface area contributed by atoms with Gasteiger partial charge in [-0.2, -0.15) is 0 Å². The Balaban J connectivity index is 1.39. The molecule has 0 bridgehead atoms. The van der Waals surface area contributed by atoms with Crippen LogP contribution in [0.25, 0.3) is 6.08 Å². The maximum absolute atomic E-state index is 12.8. The molecule has 0 saturated carbocycles. The van der Waals surface area contributed by atoms with Gasteiger partial charge in [0.2, 0.25) is 0 Å². The number of nitrogens with zero attached hydrogens (tertiary/aromatic N) is 3. The average molecular weight is 566 g/mol. The number of hydrogen-bond acceptors (Lipinski definition) is 11. The molecule has 0 unspecified atom stereocenters. The summed E-state index contributed by atoms with van der Waals surface area (Å²) in [6.07, 6.45) is 1.50. The molecule has 3 aromatic rings. The summed E-state index contributed by atoms with van der Waals surface area (Å²) >= 11 is 0.773. The Hall–Kier alpha value is -5.24. The van der Waals surface area contributed by atoms with Crippen LogP contribution in [0.5, 0.6) is 17.2 Å². The highest BCUT2D eigenvalue weighted by Gasteiger charge is 2.34. The second-order valence-electron chi connectivity index (χ2n) is 8.04. The number of carbonyl (C=O) groups is 3. The minimum atomic E-state index is -1.03. The van der Waals surface area contributed by atoms with E-state index in [0.717, 1.165) is 34.9 Å². The van der Waals surface area contributed by atoms with Crippen LogP contribution in [-0.4, -0.2) is 52.1 Å². The summed E-state index contributed by atoms with van der Waals surface area (Å²) in [5.41, 5.74) is -1.09. The molecule has 0 aliphatic carbocycles. The van der Waals surface area contributed by atoms with Crippen molar-refractivity contribution in [2.75, 3.05) is 20.3 Å². The van der Waals surface area contributed by atoms with Crippen molar-refractivity contribution in [3.63, 3.8) is 0 Å². The van der Waals surface area contributed by atoms with E-state index in [1.54, 1.807) is 24.3 Å². The minimum absolute atomic E-state index is 0.0325. The molecule has 40 heavy (non-hydrogen) atoms. The number of ether oxygens (including phenoxy) is 3. The molecule has 1 aliphatic rings. The van der Waals surface area contributed by atoms with Crippen molar-refractivity contribution in [2.24, 2.45) is 0 Å². The fourth-order valence-electron chi connectivity index (χ4n) is 3.55. The topological polar surface area (TPSA) is 168 Å². The second kappa shape index (κ2) is 12.1. The van der Waals surface area contributed by atoms with E-state index < -0.39 is 38.3 Å². The van der Waals surface area contributed by atoms with Gasteiger partial charge in [-0.15, -0.1) is 0 Å². The lowest BCUT2D eigenvalue weighted by Gasteiger charge is -2.14. The van der Waals surface area contributed by atoms with Crippen molar-refractivity contribution < 1.29 is 38.4 Å². The molecule has 1 heterocycles. The number of methoxy groups -OCH3 is 1. The Morgan fingerprint density at radius 3 is 2.17 bits per heavy atom. The third-order valence-electron chi connectivity index (χ3n) is 5.46. The molecule has 1 aliphatic heterocycles. The molecular formula is C26H19N3O10S. The molecule has 0 N–H and O–H groups in total. The lowest BCUT2D eigenvalue weighted by molar-refractivity contribution is -0.394. The van der Waals surface area contributed by atoms with Crippen LogP contribution in [0, 0.1) is 20.2 Å². The summed E-state index contributed by atoms with van der Waals surface area (Å²) in [6.45, 7) is 0.101. The van der Waals surface area contributed by atoms with Crippen LogP contribution in [-0.2, 0) is 4.79 Å². The van der Waals surface area contributed by atoms with Crippen LogP contribution in [0.1, 0.15) is 15.9 Å². The number of benzene rings is 3. The van der Waals surface area contributed by atoms with Crippen molar-refractivity contribution in [2.45, 2.75) is 0 Å². The zero-order valence-corrected chi connectivity index (χ0v) is 21.5. The van der Waals surface area contributed by atoms with E-state index in [-0.39, 0.29) is 29.4 Å². The number of rotatable bonds is 10. The Kier molecular flexibility index (Phi) is 8.39. The normalized spacial score (nSPS) is 13.8. The predicted octanol–water partition coefficient (Wildman–Crippen LogP) is 4.85. The van der Waals surface area contributed by atoms with Gasteiger partial charge in [-0.05, 0) is 47.7 Å². The number of non-ortho nitro benzene ring substituents is 2. The zero-order chi connectivity index (χ0) is 28.8. The van der Waals surface area contributed by atoms with Crippen molar-refractivity contribution in [3.05, 3.63) is 103 Å². The molecule has 4 rings (SSSR count). The maximum Gasteiger partial charge on any atom is 0.344 e. The fraction of sp³-hybridized carbons (Fsp3) is 0.115. The number of hydrogen-bond donors (Lipinski definition) is 0. The molecule has 3 aromatic carbocycles. The molecule has 0 aromatic heterocycles. The minimum Gasteiger partial charge on any atom is -0.493 e. The van der Waals surface area contributed by atoms with Crippen LogP contribution >= 0.6 is 11.8 Å². The third-order valence-corrected chi connectivity index (χ3v) is 6.37. The summed E-state index contributed by atoms with van der Waals surface area (Å²) < 4.78 is 16.0. The molecule has 1 saturated heterocycles. The highest BCUT2D eigenvalue weighted by atomic mass is 32.2. The highest BCUT2D eigenvalue weighted by molar-refractivity contribution is 8.18. The Bertz CT molecular complexity index is 1510. The number of nitro benzene ring substituents is 2. The van der Waals surface area contributed by atoms with Crippen molar-refractivity contribution in [3.8, 4) is 17.2 Å². The Morgan fingerprint density at radius 2 is 1.57 bits per heavy atom. The molecule has 1 fully saturated rings. The van der Waals surface area contributed by atoms with Gasteiger partial charge in [0.05, 0.1) is 40.0 Å². The summed E-state index contributed by atoms with van der Waals surface area (Å²) in [4.78, 5) is 59.3. The molecule has 0 radical (unpaired) electrons. The van der Waals surface area contributed by atoms with Gasteiger partial charge in [-0.25, -0.2) is 4.79 Å². The molecule has 0 atom stereocenters. The summed E-state index contributed by atoms with van der Waals surface area (Å²) in [6, 6.07) is 15.3. The molecule has 0 spiro atoms. The van der Waals surface area contributed by atoms with Crippen LogP contribution in [0.4, 0.5) is 16.2 Å². The predicted molar refractivity (Wildman–Crippen MR) is 142 cm³/mol. The van der Waals surface area contributed by atoms with Crippen LogP contribution < -0.4 is 14.2 Å². The monoisotopic (exact) mass is 565 g/mol. The summed E-state index contributed by atoms with van der Waals surface area (Å²) in [7, 11) is 1.51. The van der Waals surface area contributed by atoms with E-state index in [1.807, 2.05) is 0 Å². The number of imide groups is 1.